The van der Waals surface area contributed by atoms with Crippen LogP contribution in [0.3, 0.4) is 0 Å². The number of benzene rings is 1. The fourth-order valence-corrected chi connectivity index (χ4v) is 1.62. The van der Waals surface area contributed by atoms with Crippen molar-refractivity contribution in [2.24, 2.45) is 5.73 Å². The van der Waals surface area contributed by atoms with Gasteiger partial charge in [0.05, 0.1) is 6.54 Å². The fraction of sp³-hybridized carbons (Fsp3) is 0.333. The molecule has 5 nitrogen and oxygen atoms in total. The van der Waals surface area contributed by atoms with E-state index in [0.29, 0.717) is 17.8 Å². The van der Waals surface area contributed by atoms with Crippen LogP contribution in [0.4, 0.5) is 11.4 Å². The Morgan fingerprint density at radius 3 is 2.47 bits per heavy atom. The summed E-state index contributed by atoms with van der Waals surface area (Å²) in [6.07, 6.45) is 0. The predicted molar refractivity (Wildman–Crippen MR) is 67.9 cm³/mol. The van der Waals surface area contributed by atoms with Crippen LogP contribution < -0.4 is 16.4 Å². The van der Waals surface area contributed by atoms with E-state index < -0.39 is 5.91 Å². The minimum absolute atomic E-state index is 0.0977. The lowest BCUT2D eigenvalue weighted by Gasteiger charge is -2.22. The zero-order valence-corrected chi connectivity index (χ0v) is 10.1. The van der Waals surface area contributed by atoms with Crippen molar-refractivity contribution in [3.05, 3.63) is 23.8 Å². The normalized spacial score (nSPS) is 10.0. The summed E-state index contributed by atoms with van der Waals surface area (Å²) in [4.78, 5) is 24.1. The van der Waals surface area contributed by atoms with Crippen molar-refractivity contribution in [1.29, 1.82) is 0 Å². The number of nitrogens with zero attached hydrogens (tertiary/aromatic N) is 1. The number of amides is 1. The first-order valence-electron chi connectivity index (χ1n) is 5.39. The van der Waals surface area contributed by atoms with Crippen LogP contribution in [0, 0.1) is 0 Å². The summed E-state index contributed by atoms with van der Waals surface area (Å²) in [5, 5.41) is 0. The molecule has 0 spiro atoms. The van der Waals surface area contributed by atoms with Gasteiger partial charge in [-0.25, -0.2) is 0 Å². The quantitative estimate of drug-likeness (QED) is 0.583. The Balaban J connectivity index is 3.08. The van der Waals surface area contributed by atoms with Crippen molar-refractivity contribution in [3.8, 4) is 0 Å². The maximum Gasteiger partial charge on any atom is 0.236 e. The van der Waals surface area contributed by atoms with Gasteiger partial charge in [-0.2, -0.15) is 0 Å². The molecule has 1 aromatic rings. The van der Waals surface area contributed by atoms with Crippen LogP contribution in [0.5, 0.6) is 0 Å². The van der Waals surface area contributed by atoms with Gasteiger partial charge < -0.3 is 16.4 Å². The summed E-state index contributed by atoms with van der Waals surface area (Å²) in [7, 11) is 0. The Labute approximate surface area is 100 Å². The number of hydrogen-bond acceptors (Lipinski definition) is 4. The Morgan fingerprint density at radius 1 is 1.35 bits per heavy atom. The topological polar surface area (TPSA) is 89.4 Å². The average Bonchev–Trinajstić information content (AvgIpc) is 2.26. The van der Waals surface area contributed by atoms with E-state index in [1.165, 1.54) is 6.92 Å². The lowest BCUT2D eigenvalue weighted by Crippen LogP contribution is -2.33. The number of primary amides is 1. The molecule has 0 aliphatic carbocycles. The van der Waals surface area contributed by atoms with Crippen molar-refractivity contribution >= 4 is 23.1 Å². The number of carbonyl (C=O) groups excluding carboxylic acids is 2. The third kappa shape index (κ3) is 3.21. The van der Waals surface area contributed by atoms with E-state index >= 15 is 0 Å². The maximum absolute atomic E-state index is 11.4. The molecule has 0 bridgehead atoms. The van der Waals surface area contributed by atoms with Gasteiger partial charge in [0.15, 0.2) is 5.78 Å². The molecule has 1 rings (SSSR count). The molecule has 0 unspecified atom stereocenters. The number of nitrogens with two attached hydrogens (primary N) is 2. The highest BCUT2D eigenvalue weighted by Gasteiger charge is 2.11. The summed E-state index contributed by atoms with van der Waals surface area (Å²) < 4.78 is 0. The van der Waals surface area contributed by atoms with E-state index in [1.807, 2.05) is 6.92 Å². The number of hydrogen-bond donors (Lipinski definition) is 2. The molecule has 92 valence electrons. The molecular formula is C12H17N3O2. The van der Waals surface area contributed by atoms with Crippen molar-refractivity contribution in [3.63, 3.8) is 0 Å². The fourth-order valence-electron chi connectivity index (χ4n) is 1.62. The standard InChI is InChI=1S/C12H17N3O2/c1-3-15(7-12(14)17)9-4-5-11(13)10(6-9)8(2)16/h4-6H,3,7,13H2,1-2H3,(H2,14,17). The van der Waals surface area contributed by atoms with E-state index in [9.17, 15) is 9.59 Å². The summed E-state index contributed by atoms with van der Waals surface area (Å²) in [5.41, 5.74) is 12.5. The lowest BCUT2D eigenvalue weighted by molar-refractivity contribution is -0.116. The first-order chi connectivity index (χ1) is 7.95. The van der Waals surface area contributed by atoms with Crippen LogP contribution >= 0.6 is 0 Å². The number of likely N-dealkylation sites (N-methyl/N-ethyl adjacent to an activating group) is 1. The molecule has 0 fully saturated rings. The molecule has 5 heteroatoms. The first kappa shape index (κ1) is 13.0. The van der Waals surface area contributed by atoms with E-state index in [1.54, 1.807) is 23.1 Å². The van der Waals surface area contributed by atoms with Gasteiger partial charge in [0.25, 0.3) is 0 Å². The lowest BCUT2D eigenvalue weighted by atomic mass is 10.1. The highest BCUT2D eigenvalue weighted by molar-refractivity contribution is 6.00. The van der Waals surface area contributed by atoms with Crippen molar-refractivity contribution in [1.82, 2.24) is 0 Å². The molecule has 0 aromatic heterocycles. The first-order valence-corrected chi connectivity index (χ1v) is 5.39. The summed E-state index contributed by atoms with van der Waals surface area (Å²) in [6, 6.07) is 5.12. The minimum atomic E-state index is -0.409. The van der Waals surface area contributed by atoms with Gasteiger partial charge in [-0.05, 0) is 32.0 Å². The predicted octanol–water partition coefficient (Wildman–Crippen LogP) is 0.783. The molecule has 0 aliphatic heterocycles. The Bertz CT molecular complexity index is 443. The molecule has 0 saturated heterocycles. The number of Topliss-reactive ketones (excluding diaryl/α,β-unsaturated/α-hetero) is 1. The summed E-state index contributed by atoms with van der Waals surface area (Å²) in [5.74, 6) is -0.507. The second-order valence-corrected chi connectivity index (χ2v) is 3.81. The monoisotopic (exact) mass is 235 g/mol. The number of nitrogen functional groups attached to an aromatic ring is 1. The number of ketones is 1. The van der Waals surface area contributed by atoms with Crippen LogP contribution in [0.2, 0.25) is 0 Å². The number of rotatable bonds is 5. The molecular weight excluding hydrogens is 218 g/mol. The van der Waals surface area contributed by atoms with Crippen molar-refractivity contribution in [2.45, 2.75) is 13.8 Å². The Kier molecular flexibility index (Phi) is 4.09. The summed E-state index contributed by atoms with van der Waals surface area (Å²) in [6.45, 7) is 4.12. The molecule has 0 atom stereocenters. The zero-order valence-electron chi connectivity index (χ0n) is 10.1. The Hall–Kier alpha value is -2.04. The highest BCUT2D eigenvalue weighted by atomic mass is 16.1. The number of carbonyl (C=O) groups is 2. The van der Waals surface area contributed by atoms with E-state index in [0.717, 1.165) is 5.69 Å². The van der Waals surface area contributed by atoms with Gasteiger partial charge in [0.2, 0.25) is 5.91 Å². The smallest absolute Gasteiger partial charge is 0.236 e. The molecule has 4 N–H and O–H groups in total. The summed E-state index contributed by atoms with van der Waals surface area (Å²) >= 11 is 0. The second kappa shape index (κ2) is 5.34. The molecule has 17 heavy (non-hydrogen) atoms. The van der Waals surface area contributed by atoms with Gasteiger partial charge in [0.1, 0.15) is 0 Å². The molecule has 0 saturated carbocycles. The van der Waals surface area contributed by atoms with Crippen LogP contribution in [-0.2, 0) is 4.79 Å². The SMILES string of the molecule is CCN(CC(N)=O)c1ccc(N)c(C(C)=O)c1. The van der Waals surface area contributed by atoms with Crippen molar-refractivity contribution < 1.29 is 9.59 Å². The van der Waals surface area contributed by atoms with Gasteiger partial charge in [0, 0.05) is 23.5 Å². The molecule has 0 heterocycles. The zero-order chi connectivity index (χ0) is 13.0. The highest BCUT2D eigenvalue weighted by Crippen LogP contribution is 2.21. The molecule has 0 aliphatic rings. The third-order valence-electron chi connectivity index (χ3n) is 2.51. The molecule has 1 amide bonds. The molecule has 0 radical (unpaired) electrons. The second-order valence-electron chi connectivity index (χ2n) is 3.81. The van der Waals surface area contributed by atoms with Gasteiger partial charge >= 0.3 is 0 Å². The average molecular weight is 235 g/mol. The number of anilines is 2. The third-order valence-corrected chi connectivity index (χ3v) is 2.51. The van der Waals surface area contributed by atoms with Gasteiger partial charge in [-0.15, -0.1) is 0 Å². The van der Waals surface area contributed by atoms with Crippen LogP contribution in [0.15, 0.2) is 18.2 Å². The van der Waals surface area contributed by atoms with E-state index in [4.69, 9.17) is 11.5 Å². The van der Waals surface area contributed by atoms with E-state index in [2.05, 4.69) is 0 Å². The van der Waals surface area contributed by atoms with Gasteiger partial charge in [-0.1, -0.05) is 0 Å². The van der Waals surface area contributed by atoms with Crippen LogP contribution in [0.25, 0.3) is 0 Å². The van der Waals surface area contributed by atoms with Gasteiger partial charge in [-0.3, -0.25) is 9.59 Å². The Morgan fingerprint density at radius 2 is 2.00 bits per heavy atom. The van der Waals surface area contributed by atoms with Crippen LogP contribution in [0.1, 0.15) is 24.2 Å². The van der Waals surface area contributed by atoms with E-state index in [-0.39, 0.29) is 12.3 Å². The maximum atomic E-state index is 11.4. The molecule has 1 aromatic carbocycles. The minimum Gasteiger partial charge on any atom is -0.398 e. The largest absolute Gasteiger partial charge is 0.398 e. The van der Waals surface area contributed by atoms with Crippen LogP contribution in [-0.4, -0.2) is 24.8 Å². The van der Waals surface area contributed by atoms with Crippen molar-refractivity contribution in [2.75, 3.05) is 23.7 Å².